The summed E-state index contributed by atoms with van der Waals surface area (Å²) >= 11 is 4.95. The van der Waals surface area contributed by atoms with Crippen LogP contribution in [0, 0.1) is 5.41 Å². The Morgan fingerprint density at radius 2 is 2.00 bits per heavy atom. The Morgan fingerprint density at radius 3 is 2.30 bits per heavy atom. The smallest absolute Gasteiger partial charge is 0.403 e. The summed E-state index contributed by atoms with van der Waals surface area (Å²) in [6.07, 6.45) is 0.839. The number of rotatable bonds is 2. The molecule has 0 amide bonds. The number of halogens is 1. The fourth-order valence-corrected chi connectivity index (χ4v) is 0.515. The summed E-state index contributed by atoms with van der Waals surface area (Å²) in [4.78, 5) is 10.1. The zero-order chi connectivity index (χ0) is 8.20. The first-order chi connectivity index (χ1) is 4.42. The predicted molar refractivity (Wildman–Crippen MR) is 41.3 cm³/mol. The summed E-state index contributed by atoms with van der Waals surface area (Å²) in [5.41, 5.74) is -0.518. The SMILES string of the molecule is CC(C)(C)CCOC(=O)Cl. The van der Waals surface area contributed by atoms with E-state index in [-0.39, 0.29) is 5.41 Å². The van der Waals surface area contributed by atoms with E-state index in [1.807, 2.05) is 0 Å². The predicted octanol–water partition coefficient (Wildman–Crippen LogP) is 2.80. The lowest BCUT2D eigenvalue weighted by Gasteiger charge is -2.16. The van der Waals surface area contributed by atoms with Crippen molar-refractivity contribution in [2.75, 3.05) is 6.61 Å². The Kier molecular flexibility index (Phi) is 3.72. The molecule has 10 heavy (non-hydrogen) atoms. The molecule has 0 aromatic heterocycles. The largest absolute Gasteiger partial charge is 0.454 e. The second-order valence-corrected chi connectivity index (χ2v) is 3.71. The van der Waals surface area contributed by atoms with E-state index in [9.17, 15) is 4.79 Å². The van der Waals surface area contributed by atoms with Gasteiger partial charge in [0.2, 0.25) is 0 Å². The van der Waals surface area contributed by atoms with Crippen molar-refractivity contribution in [3.8, 4) is 0 Å². The van der Waals surface area contributed by atoms with Crippen LogP contribution in [0.4, 0.5) is 4.79 Å². The summed E-state index contributed by atoms with van der Waals surface area (Å²) in [7, 11) is 0. The maximum Gasteiger partial charge on any atom is 0.403 e. The fraction of sp³-hybridized carbons (Fsp3) is 0.857. The van der Waals surface area contributed by atoms with Crippen LogP contribution in [-0.2, 0) is 4.74 Å². The molecular formula is C7H13ClO2. The third-order valence-electron chi connectivity index (χ3n) is 1.07. The number of ether oxygens (including phenoxy) is 1. The number of hydrogen-bond acceptors (Lipinski definition) is 2. The maximum absolute atomic E-state index is 10.1. The zero-order valence-corrected chi connectivity index (χ0v) is 7.36. The van der Waals surface area contributed by atoms with E-state index in [2.05, 4.69) is 25.5 Å². The van der Waals surface area contributed by atoms with Crippen molar-refractivity contribution in [1.82, 2.24) is 0 Å². The molecule has 0 bridgehead atoms. The third kappa shape index (κ3) is 7.76. The van der Waals surface area contributed by atoms with E-state index in [0.717, 1.165) is 6.42 Å². The summed E-state index contributed by atoms with van der Waals surface area (Å²) in [5, 5.41) is 0. The van der Waals surface area contributed by atoms with Crippen molar-refractivity contribution in [3.05, 3.63) is 0 Å². The maximum atomic E-state index is 10.1. The van der Waals surface area contributed by atoms with Gasteiger partial charge in [0.05, 0.1) is 6.61 Å². The van der Waals surface area contributed by atoms with Gasteiger partial charge in [-0.25, -0.2) is 4.79 Å². The molecule has 0 spiro atoms. The monoisotopic (exact) mass is 164 g/mol. The quantitative estimate of drug-likeness (QED) is 0.587. The molecule has 0 aliphatic heterocycles. The van der Waals surface area contributed by atoms with Gasteiger partial charge in [0, 0.05) is 11.6 Å². The first-order valence-electron chi connectivity index (χ1n) is 3.24. The minimum absolute atomic E-state index is 0.201. The van der Waals surface area contributed by atoms with Crippen LogP contribution in [0.25, 0.3) is 0 Å². The summed E-state index contributed by atoms with van der Waals surface area (Å²) in [5.74, 6) is 0. The van der Waals surface area contributed by atoms with Crippen LogP contribution in [0.15, 0.2) is 0 Å². The average molecular weight is 165 g/mol. The third-order valence-corrected chi connectivity index (χ3v) is 1.18. The van der Waals surface area contributed by atoms with E-state index in [1.165, 1.54) is 0 Å². The zero-order valence-electron chi connectivity index (χ0n) is 6.61. The van der Waals surface area contributed by atoms with Gasteiger partial charge in [-0.15, -0.1) is 0 Å². The van der Waals surface area contributed by atoms with Crippen LogP contribution in [0.3, 0.4) is 0 Å². The Labute approximate surface area is 66.5 Å². The number of carbonyl (C=O) groups is 1. The molecule has 0 heterocycles. The number of carbonyl (C=O) groups excluding carboxylic acids is 1. The van der Waals surface area contributed by atoms with Crippen molar-refractivity contribution in [2.45, 2.75) is 27.2 Å². The van der Waals surface area contributed by atoms with E-state index in [4.69, 9.17) is 11.6 Å². The molecule has 0 saturated heterocycles. The Morgan fingerprint density at radius 1 is 1.50 bits per heavy atom. The topological polar surface area (TPSA) is 26.3 Å². The first kappa shape index (κ1) is 9.76. The van der Waals surface area contributed by atoms with Gasteiger partial charge in [-0.1, -0.05) is 20.8 Å². The second-order valence-electron chi connectivity index (χ2n) is 3.40. The van der Waals surface area contributed by atoms with Gasteiger partial charge in [0.15, 0.2) is 0 Å². The molecular weight excluding hydrogens is 152 g/mol. The van der Waals surface area contributed by atoms with Gasteiger partial charge >= 0.3 is 5.43 Å². The van der Waals surface area contributed by atoms with Gasteiger partial charge in [-0.05, 0) is 11.8 Å². The lowest BCUT2D eigenvalue weighted by Crippen LogP contribution is -2.10. The molecule has 3 heteroatoms. The normalized spacial score (nSPS) is 11.2. The Bertz CT molecular complexity index is 115. The standard InChI is InChI=1S/C7H13ClO2/c1-7(2,3)4-5-10-6(8)9/h4-5H2,1-3H3. The Hall–Kier alpha value is -0.240. The molecule has 0 aliphatic rings. The van der Waals surface area contributed by atoms with Crippen molar-refractivity contribution >= 4 is 17.0 Å². The fourth-order valence-electron chi connectivity index (χ4n) is 0.437. The van der Waals surface area contributed by atoms with Gasteiger partial charge in [-0.2, -0.15) is 0 Å². The van der Waals surface area contributed by atoms with Crippen LogP contribution in [-0.4, -0.2) is 12.0 Å². The lowest BCUT2D eigenvalue weighted by atomic mass is 9.93. The van der Waals surface area contributed by atoms with Gasteiger partial charge in [0.25, 0.3) is 0 Å². The van der Waals surface area contributed by atoms with Crippen LogP contribution in [0.1, 0.15) is 27.2 Å². The highest BCUT2D eigenvalue weighted by Crippen LogP contribution is 2.17. The molecule has 2 nitrogen and oxygen atoms in total. The van der Waals surface area contributed by atoms with Gasteiger partial charge in [-0.3, -0.25) is 0 Å². The van der Waals surface area contributed by atoms with E-state index in [0.29, 0.717) is 6.61 Å². The molecule has 0 unspecified atom stereocenters. The average Bonchev–Trinajstić information content (AvgIpc) is 1.59. The molecule has 0 aromatic rings. The molecule has 60 valence electrons. The molecule has 0 rings (SSSR count). The molecule has 0 aliphatic carbocycles. The number of hydrogen-bond donors (Lipinski definition) is 0. The highest BCUT2D eigenvalue weighted by molar-refractivity contribution is 6.61. The van der Waals surface area contributed by atoms with Gasteiger partial charge < -0.3 is 4.74 Å². The van der Waals surface area contributed by atoms with Crippen molar-refractivity contribution in [2.24, 2.45) is 5.41 Å². The molecule has 0 radical (unpaired) electrons. The second kappa shape index (κ2) is 3.81. The van der Waals surface area contributed by atoms with Crippen molar-refractivity contribution < 1.29 is 9.53 Å². The molecule has 0 aromatic carbocycles. The Balaban J connectivity index is 3.29. The van der Waals surface area contributed by atoms with Gasteiger partial charge in [0.1, 0.15) is 0 Å². The summed E-state index contributed by atoms with van der Waals surface area (Å²) < 4.78 is 4.54. The van der Waals surface area contributed by atoms with Crippen molar-refractivity contribution in [1.29, 1.82) is 0 Å². The minimum Gasteiger partial charge on any atom is -0.454 e. The minimum atomic E-state index is -0.718. The van der Waals surface area contributed by atoms with Crippen LogP contribution >= 0.6 is 11.6 Å². The van der Waals surface area contributed by atoms with Crippen LogP contribution in [0.5, 0.6) is 0 Å². The molecule has 0 atom stereocenters. The van der Waals surface area contributed by atoms with E-state index < -0.39 is 5.43 Å². The van der Waals surface area contributed by atoms with Crippen LogP contribution in [0.2, 0.25) is 0 Å². The van der Waals surface area contributed by atoms with Crippen molar-refractivity contribution in [3.63, 3.8) is 0 Å². The van der Waals surface area contributed by atoms with E-state index >= 15 is 0 Å². The lowest BCUT2D eigenvalue weighted by molar-refractivity contribution is 0.156. The molecule has 0 fully saturated rings. The highest BCUT2D eigenvalue weighted by Gasteiger charge is 2.10. The highest BCUT2D eigenvalue weighted by atomic mass is 35.5. The molecule has 0 saturated carbocycles. The first-order valence-corrected chi connectivity index (χ1v) is 3.62. The van der Waals surface area contributed by atoms with Crippen LogP contribution < -0.4 is 0 Å². The van der Waals surface area contributed by atoms with E-state index in [1.54, 1.807) is 0 Å². The summed E-state index contributed by atoms with van der Waals surface area (Å²) in [6, 6.07) is 0. The summed E-state index contributed by atoms with van der Waals surface area (Å²) in [6.45, 7) is 6.64. The molecule has 0 N–H and O–H groups in total.